The van der Waals surface area contributed by atoms with Gasteiger partial charge in [-0.1, -0.05) is 0 Å². The number of carbonyl (C=O) groups is 2. The molecule has 0 aliphatic heterocycles. The number of nitrogens with two attached hydrogens (primary N) is 2. The van der Waals surface area contributed by atoms with Gasteiger partial charge in [-0.25, -0.2) is 0 Å². The van der Waals surface area contributed by atoms with Gasteiger partial charge in [-0.15, -0.1) is 0 Å². The average molecular weight is 480 g/mol. The Balaban J connectivity index is 1.84. The van der Waals surface area contributed by atoms with Crippen molar-refractivity contribution in [2.45, 2.75) is 19.3 Å². The standard InChI is InChI=1S/C23H20N4O8/c24-20(32)14-8(10-4-6-12(28)16(30)18(10)34-22(14)26)2-1-3-9-11-5-7-13(29)17(31)19(11)35-23(27)15(9)21(25)33/h4-7,26-31H,1-3H2,(H2,24,32)(H2,25,33). The first-order valence-electron chi connectivity index (χ1n) is 10.2. The summed E-state index contributed by atoms with van der Waals surface area (Å²) in [6.45, 7) is 0. The second-order valence-electron chi connectivity index (χ2n) is 7.77. The van der Waals surface area contributed by atoms with Crippen molar-refractivity contribution in [3.8, 4) is 23.0 Å². The monoisotopic (exact) mass is 480 g/mol. The molecular weight excluding hydrogens is 460 g/mol. The molecule has 0 atom stereocenters. The molecule has 2 amide bonds. The molecule has 4 aromatic rings. The molecule has 0 aliphatic carbocycles. The summed E-state index contributed by atoms with van der Waals surface area (Å²) >= 11 is 0. The molecule has 0 radical (unpaired) electrons. The molecule has 2 heterocycles. The minimum atomic E-state index is -0.932. The summed E-state index contributed by atoms with van der Waals surface area (Å²) < 4.78 is 10.5. The van der Waals surface area contributed by atoms with E-state index in [0.717, 1.165) is 0 Å². The number of fused-ring (bicyclic) bond motifs is 2. The lowest BCUT2D eigenvalue weighted by Crippen LogP contribution is -2.25. The van der Waals surface area contributed by atoms with Crippen LogP contribution in [0, 0.1) is 10.8 Å². The van der Waals surface area contributed by atoms with Crippen LogP contribution in [-0.2, 0) is 12.8 Å². The molecular formula is C23H20N4O8. The van der Waals surface area contributed by atoms with Crippen molar-refractivity contribution in [1.29, 1.82) is 10.8 Å². The lowest BCUT2D eigenvalue weighted by molar-refractivity contribution is 0.0986. The van der Waals surface area contributed by atoms with Gasteiger partial charge in [-0.05, 0) is 54.7 Å². The van der Waals surface area contributed by atoms with E-state index < -0.39 is 45.9 Å². The smallest absolute Gasteiger partial charge is 0.254 e. The second kappa shape index (κ2) is 8.41. The van der Waals surface area contributed by atoms with E-state index in [2.05, 4.69) is 0 Å². The maximum atomic E-state index is 12.1. The number of hydrogen-bond donors (Lipinski definition) is 8. The Morgan fingerprint density at radius 1 is 0.714 bits per heavy atom. The predicted molar refractivity (Wildman–Crippen MR) is 120 cm³/mol. The number of rotatable bonds is 6. The highest BCUT2D eigenvalue weighted by molar-refractivity contribution is 6.00. The van der Waals surface area contributed by atoms with Gasteiger partial charge in [-0.3, -0.25) is 20.4 Å². The Kier molecular flexibility index (Phi) is 5.57. The third-order valence-electron chi connectivity index (χ3n) is 5.68. The Labute approximate surface area is 195 Å². The quantitative estimate of drug-likeness (QED) is 0.187. The number of aromatic hydroxyl groups is 4. The molecule has 4 rings (SSSR count). The fraction of sp³-hybridized carbons (Fsp3) is 0.130. The number of benzene rings is 2. The van der Waals surface area contributed by atoms with Crippen molar-refractivity contribution in [3.05, 3.63) is 57.6 Å². The van der Waals surface area contributed by atoms with Crippen molar-refractivity contribution < 1.29 is 38.8 Å². The zero-order valence-corrected chi connectivity index (χ0v) is 18.0. The van der Waals surface area contributed by atoms with Gasteiger partial charge in [0.2, 0.25) is 22.6 Å². The maximum Gasteiger partial charge on any atom is 0.254 e. The van der Waals surface area contributed by atoms with E-state index in [0.29, 0.717) is 0 Å². The van der Waals surface area contributed by atoms with Crippen LogP contribution in [0.3, 0.4) is 0 Å². The van der Waals surface area contributed by atoms with Gasteiger partial charge < -0.3 is 40.7 Å². The van der Waals surface area contributed by atoms with E-state index in [9.17, 15) is 30.0 Å². The number of amides is 2. The fourth-order valence-corrected chi connectivity index (χ4v) is 4.14. The summed E-state index contributed by atoms with van der Waals surface area (Å²) in [6, 6.07) is 5.21. The Morgan fingerprint density at radius 2 is 1.09 bits per heavy atom. The lowest BCUT2D eigenvalue weighted by atomic mass is 9.94. The third-order valence-corrected chi connectivity index (χ3v) is 5.68. The van der Waals surface area contributed by atoms with Crippen LogP contribution < -0.4 is 22.6 Å². The van der Waals surface area contributed by atoms with Gasteiger partial charge in [0, 0.05) is 10.8 Å². The Bertz CT molecular complexity index is 1550. The van der Waals surface area contributed by atoms with Crippen LogP contribution in [-0.4, -0.2) is 32.2 Å². The van der Waals surface area contributed by atoms with E-state index in [-0.39, 0.29) is 63.5 Å². The number of aryl methyl sites for hydroxylation is 2. The van der Waals surface area contributed by atoms with Crippen molar-refractivity contribution in [3.63, 3.8) is 0 Å². The number of phenols is 4. The molecule has 12 heteroatoms. The Morgan fingerprint density at radius 3 is 1.43 bits per heavy atom. The van der Waals surface area contributed by atoms with Crippen LogP contribution in [0.15, 0.2) is 33.1 Å². The van der Waals surface area contributed by atoms with Crippen LogP contribution in [0.1, 0.15) is 38.3 Å². The SMILES string of the molecule is N=c1oc2c(O)c(O)ccc2c(CCCc2c(C(N)=O)c(=N)oc3c(O)c(O)ccc23)c1C(N)=O. The van der Waals surface area contributed by atoms with Crippen LogP contribution in [0.5, 0.6) is 23.0 Å². The molecule has 0 unspecified atom stereocenters. The zero-order chi connectivity index (χ0) is 25.6. The third kappa shape index (κ3) is 3.76. The highest BCUT2D eigenvalue weighted by Crippen LogP contribution is 2.37. The van der Waals surface area contributed by atoms with Crippen LogP contribution in [0.25, 0.3) is 21.9 Å². The average Bonchev–Trinajstić information content (AvgIpc) is 2.78. The molecule has 10 N–H and O–H groups in total. The van der Waals surface area contributed by atoms with E-state index in [1.807, 2.05) is 0 Å². The van der Waals surface area contributed by atoms with E-state index in [1.54, 1.807) is 0 Å². The molecule has 0 saturated carbocycles. The molecule has 0 spiro atoms. The van der Waals surface area contributed by atoms with Gasteiger partial charge >= 0.3 is 0 Å². The molecule has 2 aromatic heterocycles. The summed E-state index contributed by atoms with van der Waals surface area (Å²) in [6.07, 6.45) is 0.426. The maximum absolute atomic E-state index is 12.1. The summed E-state index contributed by atoms with van der Waals surface area (Å²) in [5.41, 5.74) is 9.45. The van der Waals surface area contributed by atoms with Crippen LogP contribution in [0.4, 0.5) is 0 Å². The molecule has 12 nitrogen and oxygen atoms in total. The number of nitrogens with one attached hydrogen (secondary N) is 2. The van der Waals surface area contributed by atoms with Crippen molar-refractivity contribution in [2.24, 2.45) is 11.5 Å². The minimum absolute atomic E-state index is 0.102. The highest BCUT2D eigenvalue weighted by atomic mass is 16.4. The Hall–Kier alpha value is -5.00. The summed E-state index contributed by atoms with van der Waals surface area (Å²) in [4.78, 5) is 24.2. The minimum Gasteiger partial charge on any atom is -0.504 e. The predicted octanol–water partition coefficient (Wildman–Crippen LogP) is 1.33. The first-order valence-corrected chi connectivity index (χ1v) is 10.2. The van der Waals surface area contributed by atoms with Gasteiger partial charge in [-0.2, -0.15) is 0 Å². The molecule has 0 bridgehead atoms. The van der Waals surface area contributed by atoms with E-state index >= 15 is 0 Å². The first kappa shape index (κ1) is 23.2. The second-order valence-corrected chi connectivity index (χ2v) is 7.77. The normalized spacial score (nSPS) is 11.2. The van der Waals surface area contributed by atoms with Crippen molar-refractivity contribution >= 4 is 33.8 Å². The molecule has 0 aliphatic rings. The molecule has 2 aromatic carbocycles. The molecule has 180 valence electrons. The number of primary amides is 2. The first-order chi connectivity index (χ1) is 16.5. The van der Waals surface area contributed by atoms with Gasteiger partial charge in [0.1, 0.15) is 11.1 Å². The topological polar surface area (TPSA) is 241 Å². The number of hydrogen-bond acceptors (Lipinski definition) is 10. The van der Waals surface area contributed by atoms with Crippen molar-refractivity contribution in [2.75, 3.05) is 0 Å². The van der Waals surface area contributed by atoms with Gasteiger partial charge in [0.25, 0.3) is 11.8 Å². The van der Waals surface area contributed by atoms with Gasteiger partial charge in [0.15, 0.2) is 22.7 Å². The number of carbonyl (C=O) groups excluding carboxylic acids is 2. The summed E-state index contributed by atoms with van der Waals surface area (Å²) in [5.74, 6) is -4.02. The van der Waals surface area contributed by atoms with E-state index in [4.69, 9.17) is 31.1 Å². The van der Waals surface area contributed by atoms with E-state index in [1.165, 1.54) is 24.3 Å². The van der Waals surface area contributed by atoms with Crippen LogP contribution >= 0.6 is 0 Å². The summed E-state index contributed by atoms with van der Waals surface area (Å²) in [5, 5.41) is 56.5. The fourth-order valence-electron chi connectivity index (χ4n) is 4.14. The summed E-state index contributed by atoms with van der Waals surface area (Å²) in [7, 11) is 0. The molecule has 0 saturated heterocycles. The van der Waals surface area contributed by atoms with Crippen molar-refractivity contribution in [1.82, 2.24) is 0 Å². The largest absolute Gasteiger partial charge is 0.504 e. The van der Waals surface area contributed by atoms with Crippen LogP contribution in [0.2, 0.25) is 0 Å². The highest BCUT2D eigenvalue weighted by Gasteiger charge is 2.23. The number of phenolic OH excluding ortho intramolecular Hbond substituents is 4. The lowest BCUT2D eigenvalue weighted by Gasteiger charge is -2.14. The van der Waals surface area contributed by atoms with Gasteiger partial charge in [0.05, 0.1) is 0 Å². The molecule has 35 heavy (non-hydrogen) atoms. The zero-order valence-electron chi connectivity index (χ0n) is 18.0. The molecule has 0 fully saturated rings.